The van der Waals surface area contributed by atoms with Crippen molar-refractivity contribution < 1.29 is 19.1 Å². The minimum Gasteiger partial charge on any atom is -0.478 e. The fraction of sp³-hybridized carbons (Fsp3) is 0.292. The van der Waals surface area contributed by atoms with Gasteiger partial charge in [0, 0.05) is 29.0 Å². The van der Waals surface area contributed by atoms with E-state index in [1.54, 1.807) is 14.0 Å². The first-order chi connectivity index (χ1) is 15.6. The van der Waals surface area contributed by atoms with Gasteiger partial charge in [0.1, 0.15) is 17.2 Å². The Hall–Kier alpha value is -3.39. The molecule has 0 unspecified atom stereocenters. The molecule has 0 heterocycles. The minimum absolute atomic E-state index is 0.0302. The molecule has 1 aliphatic carbocycles. The molecule has 7 nitrogen and oxygen atoms in total. The maximum Gasteiger partial charge on any atom is 0.339 e. The highest BCUT2D eigenvalue weighted by Crippen LogP contribution is 2.28. The van der Waals surface area contributed by atoms with Crippen molar-refractivity contribution in [3.05, 3.63) is 75.8 Å². The summed E-state index contributed by atoms with van der Waals surface area (Å²) in [5.74, 6) is -2.82. The van der Waals surface area contributed by atoms with Gasteiger partial charge in [-0.25, -0.2) is 9.18 Å². The third-order valence-corrected chi connectivity index (χ3v) is 5.64. The van der Waals surface area contributed by atoms with E-state index in [0.717, 1.165) is 49.5 Å². The number of likely N-dealkylation sites (N-methyl/N-ethyl adjacent to an activating group) is 1. The third kappa shape index (κ3) is 6.55. The van der Waals surface area contributed by atoms with Crippen LogP contribution in [-0.2, 0) is 11.3 Å². The normalized spacial score (nSPS) is 15.2. The van der Waals surface area contributed by atoms with Crippen molar-refractivity contribution in [1.82, 2.24) is 4.90 Å². The van der Waals surface area contributed by atoms with Crippen molar-refractivity contribution in [3.63, 3.8) is 0 Å². The van der Waals surface area contributed by atoms with Crippen LogP contribution in [0.15, 0.2) is 63.8 Å². The summed E-state index contributed by atoms with van der Waals surface area (Å²) in [5, 5.41) is 9.53. The van der Waals surface area contributed by atoms with E-state index < -0.39 is 17.7 Å². The highest BCUT2D eigenvalue weighted by Gasteiger charge is 2.22. The number of nitrogen functional groups attached to an aromatic ring is 1. The number of benzene rings is 1. The van der Waals surface area contributed by atoms with Crippen LogP contribution in [0.25, 0.3) is 0 Å². The van der Waals surface area contributed by atoms with E-state index in [-0.39, 0.29) is 39.8 Å². The summed E-state index contributed by atoms with van der Waals surface area (Å²) < 4.78 is 14.3. The summed E-state index contributed by atoms with van der Waals surface area (Å²) in [5.41, 5.74) is 13.4. The zero-order chi connectivity index (χ0) is 24.7. The van der Waals surface area contributed by atoms with E-state index in [1.165, 1.54) is 11.0 Å². The van der Waals surface area contributed by atoms with Crippen LogP contribution in [0.2, 0.25) is 0 Å². The summed E-state index contributed by atoms with van der Waals surface area (Å²) in [4.78, 5) is 29.9. The lowest BCUT2D eigenvalue weighted by Gasteiger charge is -2.25. The van der Waals surface area contributed by atoms with Gasteiger partial charge in [-0.2, -0.15) is 0 Å². The van der Waals surface area contributed by atoms with Crippen molar-refractivity contribution in [3.8, 4) is 0 Å². The van der Waals surface area contributed by atoms with E-state index in [2.05, 4.69) is 17.6 Å². The van der Waals surface area contributed by atoms with Gasteiger partial charge in [0.05, 0.1) is 12.1 Å². The molecule has 0 spiro atoms. The van der Waals surface area contributed by atoms with Gasteiger partial charge in [-0.3, -0.25) is 9.79 Å². The number of carboxylic acid groups (broad SMARTS) is 1. The Labute approximate surface area is 197 Å². The Morgan fingerprint density at radius 2 is 2.06 bits per heavy atom. The second kappa shape index (κ2) is 11.5. The van der Waals surface area contributed by atoms with Crippen molar-refractivity contribution in [2.75, 3.05) is 12.8 Å². The molecule has 0 aromatic heterocycles. The smallest absolute Gasteiger partial charge is 0.339 e. The summed E-state index contributed by atoms with van der Waals surface area (Å²) in [6.07, 6.45) is 8.57. The van der Waals surface area contributed by atoms with Crippen LogP contribution < -0.4 is 11.5 Å². The molecule has 1 aromatic rings. The highest BCUT2D eigenvalue weighted by molar-refractivity contribution is 6.32. The summed E-state index contributed by atoms with van der Waals surface area (Å²) in [6.45, 7) is 5.41. The SMILES string of the molecule is C=C(C1=CCCCC1)N(C)C(=O)c1cc(F)cc(CN=C(N)/C(=C\C(Cl)=C/C)C(=O)O)c1N. The predicted octanol–water partition coefficient (Wildman–Crippen LogP) is 4.50. The Morgan fingerprint density at radius 1 is 1.36 bits per heavy atom. The number of anilines is 1. The molecule has 1 amide bonds. The molecule has 0 aliphatic heterocycles. The molecular weight excluding hydrogens is 447 g/mol. The number of carbonyl (C=O) groups is 2. The molecule has 1 aliphatic rings. The molecule has 9 heteroatoms. The van der Waals surface area contributed by atoms with Gasteiger partial charge in [-0.1, -0.05) is 30.3 Å². The Morgan fingerprint density at radius 3 is 2.64 bits per heavy atom. The number of halogens is 2. The van der Waals surface area contributed by atoms with Gasteiger partial charge in [-0.15, -0.1) is 0 Å². The van der Waals surface area contributed by atoms with E-state index in [4.69, 9.17) is 23.1 Å². The van der Waals surface area contributed by atoms with Gasteiger partial charge in [0.15, 0.2) is 0 Å². The molecule has 0 saturated carbocycles. The van der Waals surface area contributed by atoms with Crippen LogP contribution in [-0.4, -0.2) is 34.8 Å². The number of hydrogen-bond donors (Lipinski definition) is 3. The monoisotopic (exact) mass is 474 g/mol. The van der Waals surface area contributed by atoms with E-state index >= 15 is 0 Å². The Balaban J connectivity index is 2.34. The van der Waals surface area contributed by atoms with Crippen LogP contribution in [0.1, 0.15) is 48.5 Å². The number of nitrogens with zero attached hydrogens (tertiary/aromatic N) is 2. The van der Waals surface area contributed by atoms with Gasteiger partial charge in [0.25, 0.3) is 5.91 Å². The largest absolute Gasteiger partial charge is 0.478 e. The van der Waals surface area contributed by atoms with Gasteiger partial charge >= 0.3 is 5.97 Å². The van der Waals surface area contributed by atoms with Gasteiger partial charge in [-0.05, 0) is 56.4 Å². The maximum atomic E-state index is 14.3. The first kappa shape index (κ1) is 25.9. The second-order valence-corrected chi connectivity index (χ2v) is 7.99. The molecule has 176 valence electrons. The maximum absolute atomic E-state index is 14.3. The standard InChI is InChI=1S/C24H28ClFN4O3/c1-4-17(25)11-20(24(32)33)22(28)29-13-16-10-18(26)12-19(21(16)27)23(31)30(3)14(2)15-8-6-5-7-9-15/h4,8,10-12H,2,5-7,9,13,27H2,1,3H3,(H2,28,29)(H,32,33)/b17-4+,20-11+. The first-order valence-corrected chi connectivity index (χ1v) is 10.8. The summed E-state index contributed by atoms with van der Waals surface area (Å²) >= 11 is 5.87. The molecule has 0 bridgehead atoms. The molecular formula is C24H28ClFN4O3. The average molecular weight is 475 g/mol. The molecule has 0 saturated heterocycles. The molecule has 0 atom stereocenters. The lowest BCUT2D eigenvalue weighted by molar-refractivity contribution is -0.132. The van der Waals surface area contributed by atoms with Crippen molar-refractivity contribution in [2.45, 2.75) is 39.2 Å². The third-order valence-electron chi connectivity index (χ3n) is 5.32. The molecule has 1 aromatic carbocycles. The molecule has 33 heavy (non-hydrogen) atoms. The molecule has 5 N–H and O–H groups in total. The van der Waals surface area contributed by atoms with E-state index in [1.807, 2.05) is 0 Å². The molecule has 2 rings (SSSR count). The highest BCUT2D eigenvalue weighted by atomic mass is 35.5. The van der Waals surface area contributed by atoms with Crippen molar-refractivity contribution in [2.24, 2.45) is 10.7 Å². The number of aliphatic imine (C=N–C) groups is 1. The van der Waals surface area contributed by atoms with Crippen LogP contribution in [0, 0.1) is 5.82 Å². The van der Waals surface area contributed by atoms with Crippen LogP contribution in [0.3, 0.4) is 0 Å². The van der Waals surface area contributed by atoms with Crippen LogP contribution in [0.5, 0.6) is 0 Å². The first-order valence-electron chi connectivity index (χ1n) is 10.4. The van der Waals surface area contributed by atoms with E-state index in [9.17, 15) is 19.1 Å². The molecule has 0 fully saturated rings. The predicted molar refractivity (Wildman–Crippen MR) is 129 cm³/mol. The number of amides is 1. The van der Waals surface area contributed by atoms with Crippen molar-refractivity contribution >= 4 is 35.0 Å². The lowest BCUT2D eigenvalue weighted by atomic mass is 9.96. The number of aliphatic carboxylic acids is 1. The number of amidine groups is 1. The Bertz CT molecular complexity index is 1090. The zero-order valence-corrected chi connectivity index (χ0v) is 19.5. The fourth-order valence-electron chi connectivity index (χ4n) is 3.32. The van der Waals surface area contributed by atoms with Crippen LogP contribution in [0.4, 0.5) is 10.1 Å². The number of carbonyl (C=O) groups excluding carboxylic acids is 1. The quantitative estimate of drug-likeness (QED) is 0.168. The lowest BCUT2D eigenvalue weighted by Crippen LogP contribution is -2.28. The Kier molecular flexibility index (Phi) is 8.99. The van der Waals surface area contributed by atoms with Crippen molar-refractivity contribution in [1.29, 1.82) is 0 Å². The average Bonchev–Trinajstić information content (AvgIpc) is 2.81. The van der Waals surface area contributed by atoms with Gasteiger partial charge in [0.2, 0.25) is 0 Å². The zero-order valence-electron chi connectivity index (χ0n) is 18.7. The summed E-state index contributed by atoms with van der Waals surface area (Å²) in [6, 6.07) is 2.19. The minimum atomic E-state index is -1.32. The van der Waals surface area contributed by atoms with E-state index in [0.29, 0.717) is 5.70 Å². The number of allylic oxidation sites excluding steroid dienone is 5. The second-order valence-electron chi connectivity index (χ2n) is 7.55. The van der Waals surface area contributed by atoms with Gasteiger partial charge < -0.3 is 21.5 Å². The fourth-order valence-corrected chi connectivity index (χ4v) is 3.43. The number of rotatable bonds is 8. The number of hydrogen-bond acceptors (Lipinski definition) is 4. The molecule has 0 radical (unpaired) electrons. The summed E-state index contributed by atoms with van der Waals surface area (Å²) in [7, 11) is 1.56. The topological polar surface area (TPSA) is 122 Å². The number of nitrogens with two attached hydrogens (primary N) is 2. The number of carboxylic acids is 1. The van der Waals surface area contributed by atoms with Crippen LogP contribution >= 0.6 is 11.6 Å².